The van der Waals surface area contributed by atoms with Crippen molar-refractivity contribution in [2.24, 2.45) is 0 Å². The van der Waals surface area contributed by atoms with Crippen molar-refractivity contribution in [2.45, 2.75) is 9.79 Å². The molecule has 0 aliphatic carbocycles. The average molecular weight is 645 g/mol. The summed E-state index contributed by atoms with van der Waals surface area (Å²) in [4.78, 5) is 17.8. The van der Waals surface area contributed by atoms with Crippen molar-refractivity contribution in [3.63, 3.8) is 0 Å². The van der Waals surface area contributed by atoms with Crippen LogP contribution in [0.25, 0.3) is 12.2 Å². The monoisotopic (exact) mass is 644 g/mol. The molecule has 0 unspecified atom stereocenters. The van der Waals surface area contributed by atoms with E-state index in [4.69, 9.17) is 0 Å². The highest BCUT2D eigenvalue weighted by molar-refractivity contribution is 7.86. The second kappa shape index (κ2) is 16.1. The smallest absolute Gasteiger partial charge is 0.270 e. The van der Waals surface area contributed by atoms with E-state index in [-0.39, 0.29) is 11.1 Å². The molecule has 14 nitrogen and oxygen atoms in total. The highest BCUT2D eigenvalue weighted by Gasteiger charge is 2.16. The van der Waals surface area contributed by atoms with Crippen LogP contribution in [0.3, 0.4) is 0 Å². The zero-order valence-electron chi connectivity index (χ0n) is 23.3. The Morgan fingerprint density at radius 1 is 0.568 bits per heavy atom. The standard InChI is InChI=1S/C14H10N2O10S2.2C7H9N/c17-15(18)11-5-3-9(13(7-11)27(21,22)23)1-2-10-4-6-12(16(19)20)8-14(10)28(24,25)26;2*1-8-7-5-3-2-4-6-7/h1-8H,(H,21,22,23)(H,24,25,26);2*2-6,8H,1H3. The van der Waals surface area contributed by atoms with E-state index in [9.17, 15) is 46.2 Å². The van der Waals surface area contributed by atoms with E-state index in [2.05, 4.69) is 34.9 Å². The van der Waals surface area contributed by atoms with Gasteiger partial charge in [0.2, 0.25) is 0 Å². The summed E-state index contributed by atoms with van der Waals surface area (Å²) in [5, 5.41) is 25.7. The van der Waals surface area contributed by atoms with Gasteiger partial charge in [0, 0.05) is 24.3 Å². The van der Waals surface area contributed by atoms with Gasteiger partial charge in [0.15, 0.2) is 0 Å². The SMILES string of the molecule is C[NH2+]c1ccccc1.C[NH2+]c1ccccc1.O=[N+]([O-])c1ccc(C=Cc2ccc([N+](=O)[O-])cc2S(=O)(=O)[O-])c(S(=O)(=O)[O-])c1. The number of nitrogens with two attached hydrogens (primary N) is 2. The zero-order valence-corrected chi connectivity index (χ0v) is 25.0. The van der Waals surface area contributed by atoms with Crippen LogP contribution in [-0.4, -0.2) is 49.9 Å². The van der Waals surface area contributed by atoms with Crippen molar-refractivity contribution in [3.8, 4) is 0 Å². The largest absolute Gasteiger partial charge is 0.744 e. The fourth-order valence-corrected chi connectivity index (χ4v) is 4.83. The van der Waals surface area contributed by atoms with Gasteiger partial charge in [0.25, 0.3) is 11.4 Å². The van der Waals surface area contributed by atoms with Crippen LogP contribution < -0.4 is 10.6 Å². The van der Waals surface area contributed by atoms with Crippen LogP contribution in [0.1, 0.15) is 11.1 Å². The third-order valence-electron chi connectivity index (χ3n) is 5.66. The first kappa shape index (κ1) is 35.4. The summed E-state index contributed by atoms with van der Waals surface area (Å²) in [6, 6.07) is 25.3. The molecule has 0 heterocycles. The van der Waals surface area contributed by atoms with Crippen molar-refractivity contribution in [1.29, 1.82) is 0 Å². The topological polar surface area (TPSA) is 234 Å². The Bertz CT molecular complexity index is 1700. The lowest BCUT2D eigenvalue weighted by atomic mass is 10.1. The Labute approximate surface area is 253 Å². The second-order valence-corrected chi connectivity index (χ2v) is 11.3. The normalized spacial score (nSPS) is 11.1. The lowest BCUT2D eigenvalue weighted by Crippen LogP contribution is -2.72. The Kier molecular flexibility index (Phi) is 13.0. The van der Waals surface area contributed by atoms with Crippen LogP contribution in [-0.2, 0) is 20.2 Å². The lowest BCUT2D eigenvalue weighted by Gasteiger charge is -2.12. The maximum Gasteiger partial charge on any atom is 0.270 e. The highest BCUT2D eigenvalue weighted by atomic mass is 32.2. The molecule has 16 heteroatoms. The molecule has 0 amide bonds. The number of hydrogen-bond acceptors (Lipinski definition) is 10. The summed E-state index contributed by atoms with van der Waals surface area (Å²) in [6.45, 7) is 0. The van der Waals surface area contributed by atoms with Crippen molar-refractivity contribution in [3.05, 3.63) is 128 Å². The molecule has 0 aliphatic heterocycles. The minimum absolute atomic E-state index is 0.312. The van der Waals surface area contributed by atoms with Gasteiger partial charge in [-0.1, -0.05) is 48.6 Å². The summed E-state index contributed by atoms with van der Waals surface area (Å²) in [7, 11) is -6.18. The molecule has 0 fully saturated rings. The summed E-state index contributed by atoms with van der Waals surface area (Å²) in [5.41, 5.74) is 0.621. The van der Waals surface area contributed by atoms with E-state index in [1.807, 2.05) is 50.5 Å². The number of para-hydroxylation sites is 2. The summed E-state index contributed by atoms with van der Waals surface area (Å²) in [5.74, 6) is 0. The maximum atomic E-state index is 11.4. The quantitative estimate of drug-likeness (QED) is 0.0934. The Balaban J connectivity index is 0.000000339. The summed E-state index contributed by atoms with van der Waals surface area (Å²) < 4.78 is 68.1. The maximum absolute atomic E-state index is 11.4. The van der Waals surface area contributed by atoms with Gasteiger partial charge in [-0.15, -0.1) is 0 Å². The molecule has 0 saturated carbocycles. The van der Waals surface area contributed by atoms with Gasteiger partial charge in [-0.3, -0.25) is 20.2 Å². The van der Waals surface area contributed by atoms with Crippen LogP contribution in [0.5, 0.6) is 0 Å². The average Bonchev–Trinajstić information content (AvgIpc) is 3.00. The number of nitrogens with zero attached hydrogens (tertiary/aromatic N) is 2. The molecule has 44 heavy (non-hydrogen) atoms. The van der Waals surface area contributed by atoms with Gasteiger partial charge in [-0.05, 0) is 47.5 Å². The third kappa shape index (κ3) is 11.1. The molecule has 0 bridgehead atoms. The lowest BCUT2D eigenvalue weighted by molar-refractivity contribution is -0.539. The van der Waals surface area contributed by atoms with Crippen molar-refractivity contribution < 1.29 is 46.4 Å². The van der Waals surface area contributed by atoms with Gasteiger partial charge in [0.1, 0.15) is 31.6 Å². The molecule has 0 aliphatic rings. The van der Waals surface area contributed by atoms with Gasteiger partial charge in [-0.2, -0.15) is 0 Å². The van der Waals surface area contributed by atoms with Gasteiger partial charge >= 0.3 is 0 Å². The number of quaternary nitrogens is 2. The number of benzene rings is 4. The summed E-state index contributed by atoms with van der Waals surface area (Å²) >= 11 is 0. The molecular formula is C28H28N4O10S2. The van der Waals surface area contributed by atoms with Crippen LogP contribution in [0.15, 0.2) is 107 Å². The van der Waals surface area contributed by atoms with Crippen molar-refractivity contribution in [1.82, 2.24) is 0 Å². The van der Waals surface area contributed by atoms with Crippen LogP contribution >= 0.6 is 0 Å². The minimum atomic E-state index is -5.13. The molecule has 4 N–H and O–H groups in total. The fourth-order valence-electron chi connectivity index (χ4n) is 3.45. The van der Waals surface area contributed by atoms with Gasteiger partial charge < -0.3 is 19.7 Å². The highest BCUT2D eigenvalue weighted by Crippen LogP contribution is 2.27. The molecule has 0 radical (unpaired) electrons. The molecule has 4 rings (SSSR count). The predicted molar refractivity (Wildman–Crippen MR) is 159 cm³/mol. The molecular weight excluding hydrogens is 616 g/mol. The third-order valence-corrected chi connectivity index (χ3v) is 7.45. The molecule has 0 saturated heterocycles. The molecule has 4 aromatic carbocycles. The number of nitro benzene ring substituents is 2. The molecule has 0 aromatic heterocycles. The van der Waals surface area contributed by atoms with E-state index in [1.54, 1.807) is 0 Å². The van der Waals surface area contributed by atoms with Crippen molar-refractivity contribution >= 4 is 55.1 Å². The van der Waals surface area contributed by atoms with E-state index < -0.39 is 51.2 Å². The number of hydrogen-bond donors (Lipinski definition) is 2. The Morgan fingerprint density at radius 2 is 0.886 bits per heavy atom. The van der Waals surface area contributed by atoms with E-state index in [1.165, 1.54) is 11.4 Å². The Hall–Kier alpha value is -4.84. The summed E-state index contributed by atoms with van der Waals surface area (Å²) in [6.07, 6.45) is 1.87. The van der Waals surface area contributed by atoms with E-state index in [0.717, 1.165) is 36.4 Å². The fraction of sp³-hybridized carbons (Fsp3) is 0.0714. The van der Waals surface area contributed by atoms with E-state index >= 15 is 0 Å². The number of rotatable bonds is 8. The number of non-ortho nitro benzene ring substituents is 2. The molecule has 4 aromatic rings. The Morgan fingerprint density at radius 3 is 1.11 bits per heavy atom. The first-order valence-electron chi connectivity index (χ1n) is 12.5. The van der Waals surface area contributed by atoms with Crippen LogP contribution in [0.4, 0.5) is 22.7 Å². The molecule has 0 atom stereocenters. The number of nitro groups is 2. The first-order chi connectivity index (χ1) is 20.7. The zero-order chi connectivity index (χ0) is 32.9. The second-order valence-electron chi connectivity index (χ2n) is 8.60. The minimum Gasteiger partial charge on any atom is -0.744 e. The van der Waals surface area contributed by atoms with Crippen molar-refractivity contribution in [2.75, 3.05) is 14.1 Å². The first-order valence-corrected chi connectivity index (χ1v) is 15.3. The van der Waals surface area contributed by atoms with Crippen LogP contribution in [0.2, 0.25) is 0 Å². The van der Waals surface area contributed by atoms with Gasteiger partial charge in [-0.25, -0.2) is 16.8 Å². The molecule has 232 valence electrons. The van der Waals surface area contributed by atoms with Crippen LogP contribution in [0, 0.1) is 20.2 Å². The van der Waals surface area contributed by atoms with Gasteiger partial charge in [0.05, 0.1) is 33.7 Å². The predicted octanol–water partition coefficient (Wildman–Crippen LogP) is 2.50. The van der Waals surface area contributed by atoms with E-state index in [0.29, 0.717) is 12.1 Å². The molecule has 0 spiro atoms.